The molecule has 1 aromatic heterocycles. The Bertz CT molecular complexity index is 1050. The zero-order valence-electron chi connectivity index (χ0n) is 20.2. The van der Waals surface area contributed by atoms with E-state index in [0.717, 1.165) is 63.4 Å². The summed E-state index contributed by atoms with van der Waals surface area (Å²) >= 11 is 12.5. The van der Waals surface area contributed by atoms with Gasteiger partial charge in [0.2, 0.25) is 5.91 Å². The highest BCUT2D eigenvalue weighted by molar-refractivity contribution is 6.42. The Morgan fingerprint density at radius 3 is 2.63 bits per heavy atom. The third-order valence-corrected chi connectivity index (χ3v) is 8.36. The zero-order chi connectivity index (χ0) is 24.4. The molecule has 1 aromatic carbocycles. The molecule has 0 bridgehead atoms. The summed E-state index contributed by atoms with van der Waals surface area (Å²) in [5, 5.41) is 4.59. The second-order valence-electron chi connectivity index (χ2n) is 9.83. The van der Waals surface area contributed by atoms with Crippen LogP contribution in [-0.4, -0.2) is 72.8 Å². The largest absolute Gasteiger partial charge is 0.381 e. The molecule has 1 amide bonds. The van der Waals surface area contributed by atoms with Crippen LogP contribution in [0.3, 0.4) is 0 Å². The fraction of sp³-hybridized carbons (Fsp3) is 0.577. The van der Waals surface area contributed by atoms with E-state index < -0.39 is 0 Å². The molecule has 188 valence electrons. The number of nitrogens with one attached hydrogen (secondary N) is 1. The minimum atomic E-state index is -0.317. The third kappa shape index (κ3) is 5.43. The van der Waals surface area contributed by atoms with Crippen molar-refractivity contribution in [1.82, 2.24) is 20.2 Å². The Kier molecular flexibility index (Phi) is 7.77. The quantitative estimate of drug-likeness (QED) is 0.623. The van der Waals surface area contributed by atoms with Gasteiger partial charge in [-0.25, -0.2) is 9.97 Å². The lowest BCUT2D eigenvalue weighted by molar-refractivity contribution is -0.133. The number of benzene rings is 1. The number of ether oxygens (including phenoxy) is 1. The molecule has 2 fully saturated rings. The Morgan fingerprint density at radius 1 is 1.11 bits per heavy atom. The first-order valence-corrected chi connectivity index (χ1v) is 13.4. The van der Waals surface area contributed by atoms with Gasteiger partial charge in [0.25, 0.3) is 0 Å². The Balaban J connectivity index is 1.29. The lowest BCUT2D eigenvalue weighted by Crippen LogP contribution is -2.51. The number of hydrogen-bond donors (Lipinski definition) is 1. The van der Waals surface area contributed by atoms with E-state index in [2.05, 4.69) is 27.1 Å². The number of aromatic nitrogens is 2. The van der Waals surface area contributed by atoms with Crippen LogP contribution in [-0.2, 0) is 16.0 Å². The van der Waals surface area contributed by atoms with Crippen LogP contribution < -0.4 is 10.2 Å². The molecule has 0 spiro atoms. The summed E-state index contributed by atoms with van der Waals surface area (Å²) in [6, 6.07) is 5.90. The number of hydrogen-bond acceptors (Lipinski definition) is 6. The number of nitrogens with zero attached hydrogens (tertiary/aromatic N) is 4. The number of fused-ring (bicyclic) bond motifs is 1. The highest BCUT2D eigenvalue weighted by atomic mass is 35.5. The van der Waals surface area contributed by atoms with Crippen LogP contribution >= 0.6 is 23.2 Å². The predicted octanol–water partition coefficient (Wildman–Crippen LogP) is 4.03. The lowest BCUT2D eigenvalue weighted by Gasteiger charge is -2.38. The van der Waals surface area contributed by atoms with Gasteiger partial charge in [0.1, 0.15) is 12.1 Å². The van der Waals surface area contributed by atoms with Crippen LogP contribution in [0.2, 0.25) is 10.0 Å². The number of amides is 1. The van der Waals surface area contributed by atoms with Crippen LogP contribution in [0, 0.1) is 0 Å². The van der Waals surface area contributed by atoms with E-state index in [1.54, 1.807) is 12.4 Å². The summed E-state index contributed by atoms with van der Waals surface area (Å²) < 4.78 is 5.48. The van der Waals surface area contributed by atoms with Crippen LogP contribution in [0.4, 0.5) is 5.82 Å². The predicted molar refractivity (Wildman–Crippen MR) is 139 cm³/mol. The molecule has 2 atom stereocenters. The van der Waals surface area contributed by atoms with Crippen LogP contribution in [0.5, 0.6) is 0 Å². The van der Waals surface area contributed by atoms with E-state index in [1.807, 2.05) is 17.0 Å². The molecule has 1 N–H and O–H groups in total. The molecule has 5 rings (SSSR count). The van der Waals surface area contributed by atoms with Crippen LogP contribution in [0.1, 0.15) is 54.8 Å². The summed E-state index contributed by atoms with van der Waals surface area (Å²) in [6.07, 6.45) is 5.76. The van der Waals surface area contributed by atoms with E-state index in [-0.39, 0.29) is 11.8 Å². The van der Waals surface area contributed by atoms with Crippen molar-refractivity contribution in [2.45, 2.75) is 50.5 Å². The van der Waals surface area contributed by atoms with Crippen LogP contribution in [0.25, 0.3) is 0 Å². The van der Waals surface area contributed by atoms with Gasteiger partial charge < -0.3 is 19.9 Å². The van der Waals surface area contributed by atoms with Gasteiger partial charge in [0.15, 0.2) is 0 Å². The second kappa shape index (κ2) is 11.0. The second-order valence-corrected chi connectivity index (χ2v) is 10.6. The summed E-state index contributed by atoms with van der Waals surface area (Å²) in [7, 11) is 0. The summed E-state index contributed by atoms with van der Waals surface area (Å²) in [4.78, 5) is 27.2. The Morgan fingerprint density at radius 2 is 1.89 bits per heavy atom. The van der Waals surface area contributed by atoms with Crippen molar-refractivity contribution in [1.29, 1.82) is 0 Å². The normalized spacial score (nSPS) is 21.7. The zero-order valence-corrected chi connectivity index (χ0v) is 21.7. The lowest BCUT2D eigenvalue weighted by atomic mass is 9.96. The van der Waals surface area contributed by atoms with Crippen molar-refractivity contribution in [2.24, 2.45) is 0 Å². The molecular formula is C26H33Cl2N5O2. The maximum Gasteiger partial charge on any atom is 0.231 e. The first-order valence-electron chi connectivity index (χ1n) is 12.6. The number of carbonyl (C=O) groups is 1. The molecule has 0 saturated carbocycles. The van der Waals surface area contributed by atoms with Crippen molar-refractivity contribution < 1.29 is 9.53 Å². The van der Waals surface area contributed by atoms with Gasteiger partial charge in [-0.15, -0.1) is 0 Å². The molecule has 7 nitrogen and oxygen atoms in total. The Hall–Kier alpha value is -1.93. The molecule has 2 aliphatic heterocycles. The highest BCUT2D eigenvalue weighted by Gasteiger charge is 2.32. The van der Waals surface area contributed by atoms with Crippen LogP contribution in [0.15, 0.2) is 24.5 Å². The average molecular weight is 518 g/mol. The van der Waals surface area contributed by atoms with Crippen molar-refractivity contribution in [3.63, 3.8) is 0 Å². The number of piperazine rings is 1. The van der Waals surface area contributed by atoms with Crippen molar-refractivity contribution >= 4 is 34.9 Å². The van der Waals surface area contributed by atoms with Crippen molar-refractivity contribution in [3.8, 4) is 0 Å². The SMILES string of the molecule is C[C@@H]1CCc2ncnc(N3CCN(C(=O)[C@H](CNC4CCOCC4)c4ccc(Cl)c(Cl)c4)CC3)c21. The molecule has 0 radical (unpaired) electrons. The average Bonchev–Trinajstić information content (AvgIpc) is 3.28. The van der Waals surface area contributed by atoms with Gasteiger partial charge in [-0.3, -0.25) is 4.79 Å². The Labute approximate surface area is 217 Å². The molecular weight excluding hydrogens is 485 g/mol. The summed E-state index contributed by atoms with van der Waals surface area (Å²) in [5.41, 5.74) is 3.37. The smallest absolute Gasteiger partial charge is 0.231 e. The van der Waals surface area contributed by atoms with E-state index in [9.17, 15) is 4.79 Å². The monoisotopic (exact) mass is 517 g/mol. The molecule has 1 aliphatic carbocycles. The van der Waals surface area contributed by atoms with Crippen molar-refractivity contribution in [3.05, 3.63) is 51.4 Å². The van der Waals surface area contributed by atoms with Gasteiger partial charge in [0, 0.05) is 63.2 Å². The fourth-order valence-corrected chi connectivity index (χ4v) is 5.80. The highest BCUT2D eigenvalue weighted by Crippen LogP contribution is 2.37. The fourth-order valence-electron chi connectivity index (χ4n) is 5.50. The first kappa shape index (κ1) is 24.8. The minimum absolute atomic E-state index is 0.129. The number of anilines is 1. The third-order valence-electron chi connectivity index (χ3n) is 7.62. The molecule has 3 heterocycles. The maximum absolute atomic E-state index is 13.8. The van der Waals surface area contributed by atoms with Crippen molar-refractivity contribution in [2.75, 3.05) is 50.8 Å². The first-order chi connectivity index (χ1) is 17.0. The molecule has 0 unspecified atom stereocenters. The van der Waals surface area contributed by atoms with Gasteiger partial charge in [-0.1, -0.05) is 36.2 Å². The molecule has 9 heteroatoms. The van der Waals surface area contributed by atoms with E-state index >= 15 is 0 Å². The van der Waals surface area contributed by atoms with E-state index in [1.165, 1.54) is 11.3 Å². The minimum Gasteiger partial charge on any atom is -0.381 e. The standard InChI is InChI=1S/C26H33Cl2N5O2/c1-17-2-5-23-24(17)25(31-16-30-23)32-8-10-33(11-9-32)26(34)20(15-29-19-6-12-35-13-7-19)18-3-4-21(27)22(28)14-18/h3-4,14,16-17,19-20,29H,2,5-13,15H2,1H3/t17-,20-/m1/s1. The van der Waals surface area contributed by atoms with Gasteiger partial charge >= 0.3 is 0 Å². The number of halogens is 2. The molecule has 35 heavy (non-hydrogen) atoms. The number of rotatable bonds is 6. The topological polar surface area (TPSA) is 70.6 Å². The number of aryl methyl sites for hydroxylation is 1. The van der Waals surface area contributed by atoms with Gasteiger partial charge in [0.05, 0.1) is 16.0 Å². The van der Waals surface area contributed by atoms with E-state index in [4.69, 9.17) is 27.9 Å². The van der Waals surface area contributed by atoms with Gasteiger partial charge in [-0.05, 0) is 49.3 Å². The van der Waals surface area contributed by atoms with E-state index in [0.29, 0.717) is 41.6 Å². The summed E-state index contributed by atoms with van der Waals surface area (Å²) in [6.45, 7) is 7.21. The molecule has 2 aromatic rings. The molecule has 3 aliphatic rings. The maximum atomic E-state index is 13.8. The van der Waals surface area contributed by atoms with Gasteiger partial charge in [-0.2, -0.15) is 0 Å². The number of carbonyl (C=O) groups excluding carboxylic acids is 1. The molecule has 2 saturated heterocycles. The summed E-state index contributed by atoms with van der Waals surface area (Å²) in [5.74, 6) is 1.34.